The van der Waals surface area contributed by atoms with Crippen LogP contribution in [-0.4, -0.2) is 39.9 Å². The van der Waals surface area contributed by atoms with E-state index in [9.17, 15) is 4.79 Å². The average Bonchev–Trinajstić information content (AvgIpc) is 3.16. The number of anilines is 2. The molecule has 1 aliphatic heterocycles. The van der Waals surface area contributed by atoms with Gasteiger partial charge in [0.05, 0.1) is 11.4 Å². The molecule has 0 saturated carbocycles. The fraction of sp³-hybridized carbons (Fsp3) is 0.381. The van der Waals surface area contributed by atoms with Crippen LogP contribution < -0.4 is 10.2 Å². The zero-order valence-corrected chi connectivity index (χ0v) is 17.7. The summed E-state index contributed by atoms with van der Waals surface area (Å²) in [5.41, 5.74) is 1.59. The number of ketones is 1. The van der Waals surface area contributed by atoms with E-state index in [0.717, 1.165) is 48.5 Å². The minimum Gasteiger partial charge on any atom is -0.375 e. The van der Waals surface area contributed by atoms with Gasteiger partial charge >= 0.3 is 0 Å². The molecular weight excluding hydrogens is 409 g/mol. The first-order valence-electron chi connectivity index (χ1n) is 9.78. The Morgan fingerprint density at radius 1 is 1.31 bits per heavy atom. The molecule has 0 unspecified atom stereocenters. The van der Waals surface area contributed by atoms with Crippen molar-refractivity contribution in [3.05, 3.63) is 46.8 Å². The largest absolute Gasteiger partial charge is 0.375 e. The van der Waals surface area contributed by atoms with E-state index in [1.165, 1.54) is 0 Å². The number of piperidine rings is 1. The Labute approximate surface area is 179 Å². The number of nitrogens with one attached hydrogen (secondary N) is 2. The second kappa shape index (κ2) is 8.59. The minimum atomic E-state index is -0.310. The summed E-state index contributed by atoms with van der Waals surface area (Å²) in [6, 6.07) is 6.91. The molecule has 29 heavy (non-hydrogen) atoms. The van der Waals surface area contributed by atoms with Crippen molar-refractivity contribution in [2.45, 2.75) is 32.2 Å². The molecule has 1 saturated heterocycles. The maximum Gasteiger partial charge on any atom is 0.155 e. The molecule has 2 N–H and O–H groups in total. The average molecular weight is 432 g/mol. The molecule has 2 atom stereocenters. The van der Waals surface area contributed by atoms with Gasteiger partial charge in [0.1, 0.15) is 17.8 Å². The molecule has 0 aliphatic carbocycles. The molecule has 3 aromatic rings. The van der Waals surface area contributed by atoms with Crippen molar-refractivity contribution >= 4 is 51.5 Å². The number of rotatable bonds is 6. The summed E-state index contributed by atoms with van der Waals surface area (Å²) >= 11 is 12.1. The highest BCUT2D eigenvalue weighted by Gasteiger charge is 2.26. The number of hydrogen-bond acceptors (Lipinski definition) is 5. The number of aromatic nitrogens is 3. The van der Waals surface area contributed by atoms with Gasteiger partial charge in [0.2, 0.25) is 0 Å². The Balaban J connectivity index is 1.40. The number of aromatic amines is 1. The molecule has 6 nitrogen and oxygen atoms in total. The van der Waals surface area contributed by atoms with E-state index in [1.807, 2.05) is 19.2 Å². The fourth-order valence-electron chi connectivity index (χ4n) is 3.96. The molecule has 0 amide bonds. The van der Waals surface area contributed by atoms with Gasteiger partial charge in [-0.15, -0.1) is 0 Å². The van der Waals surface area contributed by atoms with Gasteiger partial charge in [0.15, 0.2) is 5.78 Å². The molecule has 1 aromatic carbocycles. The summed E-state index contributed by atoms with van der Waals surface area (Å²) in [4.78, 5) is 27.0. The van der Waals surface area contributed by atoms with Gasteiger partial charge < -0.3 is 15.2 Å². The first-order chi connectivity index (χ1) is 14.0. The number of carbonyl (C=O) groups excluding carboxylic acids is 1. The van der Waals surface area contributed by atoms with Gasteiger partial charge in [0.25, 0.3) is 0 Å². The molecule has 4 rings (SSSR count). The van der Waals surface area contributed by atoms with Crippen LogP contribution in [0.15, 0.2) is 36.8 Å². The van der Waals surface area contributed by atoms with E-state index in [-0.39, 0.29) is 11.8 Å². The second-order valence-electron chi connectivity index (χ2n) is 7.59. The molecule has 0 radical (unpaired) electrons. The quantitative estimate of drug-likeness (QED) is 0.577. The number of halogens is 2. The maximum absolute atomic E-state index is 12.8. The summed E-state index contributed by atoms with van der Waals surface area (Å²) in [7, 11) is 0. The molecule has 152 valence electrons. The normalized spacial score (nSPS) is 18.0. The SMILES string of the molecule is C[C@@H](Nc1cc(Cl)cc(Cl)c1)C(=O)C[C@@H]1CCCN(c2ncnc3[nH]ccc23)C1. The predicted octanol–water partition coefficient (Wildman–Crippen LogP) is 4.94. The third kappa shape index (κ3) is 4.65. The lowest BCUT2D eigenvalue weighted by molar-refractivity contribution is -0.120. The van der Waals surface area contributed by atoms with Crippen molar-refractivity contribution in [1.29, 1.82) is 0 Å². The third-order valence-corrected chi connectivity index (χ3v) is 5.81. The smallest absolute Gasteiger partial charge is 0.155 e. The third-order valence-electron chi connectivity index (χ3n) is 5.37. The highest BCUT2D eigenvalue weighted by atomic mass is 35.5. The minimum absolute atomic E-state index is 0.183. The van der Waals surface area contributed by atoms with Gasteiger partial charge in [-0.2, -0.15) is 0 Å². The van der Waals surface area contributed by atoms with Crippen molar-refractivity contribution in [1.82, 2.24) is 15.0 Å². The van der Waals surface area contributed by atoms with Crippen LogP contribution in [0.1, 0.15) is 26.2 Å². The Bertz CT molecular complexity index is 1000. The summed E-state index contributed by atoms with van der Waals surface area (Å²) in [6.45, 7) is 3.64. The highest BCUT2D eigenvalue weighted by molar-refractivity contribution is 6.35. The van der Waals surface area contributed by atoms with Crippen molar-refractivity contribution in [3.8, 4) is 0 Å². The molecule has 3 heterocycles. The van der Waals surface area contributed by atoms with Gasteiger partial charge in [-0.05, 0) is 49.9 Å². The van der Waals surface area contributed by atoms with E-state index in [0.29, 0.717) is 22.4 Å². The summed E-state index contributed by atoms with van der Waals surface area (Å²) in [6.07, 6.45) is 6.08. The fourth-order valence-corrected chi connectivity index (χ4v) is 4.49. The molecule has 0 bridgehead atoms. The Kier molecular flexibility index (Phi) is 5.92. The Morgan fingerprint density at radius 2 is 2.10 bits per heavy atom. The molecule has 1 fully saturated rings. The summed E-state index contributed by atoms with van der Waals surface area (Å²) in [5, 5.41) is 5.33. The lowest BCUT2D eigenvalue weighted by Gasteiger charge is -2.34. The monoisotopic (exact) mass is 431 g/mol. The Morgan fingerprint density at radius 3 is 2.90 bits per heavy atom. The van der Waals surface area contributed by atoms with Crippen LogP contribution in [-0.2, 0) is 4.79 Å². The second-order valence-corrected chi connectivity index (χ2v) is 8.46. The van der Waals surface area contributed by atoms with Crippen LogP contribution in [0.2, 0.25) is 10.0 Å². The van der Waals surface area contributed by atoms with Crippen LogP contribution in [0.3, 0.4) is 0 Å². The standard InChI is InChI=1S/C21H23Cl2N5O/c1-13(27-17-9-15(22)8-16(23)10-17)19(29)7-14-3-2-6-28(11-14)21-18-4-5-24-20(18)25-12-26-21/h4-5,8-10,12-14,27H,2-3,6-7,11H2,1H3,(H,24,25,26)/t13-,14+/m1/s1. The van der Waals surface area contributed by atoms with Gasteiger partial charge in [-0.1, -0.05) is 23.2 Å². The van der Waals surface area contributed by atoms with Gasteiger partial charge in [-0.25, -0.2) is 9.97 Å². The van der Waals surface area contributed by atoms with Crippen LogP contribution >= 0.6 is 23.2 Å². The summed E-state index contributed by atoms with van der Waals surface area (Å²) < 4.78 is 0. The first kappa shape index (κ1) is 20.0. The van der Waals surface area contributed by atoms with Crippen LogP contribution in [0.4, 0.5) is 11.5 Å². The van der Waals surface area contributed by atoms with Gasteiger partial charge in [-0.3, -0.25) is 4.79 Å². The lowest BCUT2D eigenvalue weighted by Crippen LogP contribution is -2.38. The number of hydrogen-bond donors (Lipinski definition) is 2. The van der Waals surface area contributed by atoms with E-state index < -0.39 is 0 Å². The number of fused-ring (bicyclic) bond motifs is 1. The van der Waals surface area contributed by atoms with E-state index in [1.54, 1.807) is 24.5 Å². The first-order valence-corrected chi connectivity index (χ1v) is 10.5. The maximum atomic E-state index is 12.8. The van der Waals surface area contributed by atoms with E-state index in [2.05, 4.69) is 25.2 Å². The van der Waals surface area contributed by atoms with Crippen molar-refractivity contribution < 1.29 is 4.79 Å². The molecule has 8 heteroatoms. The van der Waals surface area contributed by atoms with Crippen LogP contribution in [0, 0.1) is 5.92 Å². The molecule has 0 spiro atoms. The van der Waals surface area contributed by atoms with Gasteiger partial charge in [0, 0.05) is 41.4 Å². The van der Waals surface area contributed by atoms with E-state index >= 15 is 0 Å². The van der Waals surface area contributed by atoms with E-state index in [4.69, 9.17) is 23.2 Å². The zero-order chi connectivity index (χ0) is 20.4. The number of benzene rings is 1. The summed E-state index contributed by atoms with van der Waals surface area (Å²) in [5.74, 6) is 1.42. The highest BCUT2D eigenvalue weighted by Crippen LogP contribution is 2.29. The van der Waals surface area contributed by atoms with Crippen LogP contribution in [0.25, 0.3) is 11.0 Å². The molecule has 1 aliphatic rings. The van der Waals surface area contributed by atoms with Crippen molar-refractivity contribution in [2.75, 3.05) is 23.3 Å². The topological polar surface area (TPSA) is 73.9 Å². The van der Waals surface area contributed by atoms with Crippen molar-refractivity contribution in [2.24, 2.45) is 5.92 Å². The molecule has 2 aromatic heterocycles. The van der Waals surface area contributed by atoms with Crippen LogP contribution in [0.5, 0.6) is 0 Å². The number of carbonyl (C=O) groups is 1. The lowest BCUT2D eigenvalue weighted by atomic mass is 9.91. The number of H-pyrrole nitrogens is 1. The molecular formula is C21H23Cl2N5O. The predicted molar refractivity (Wildman–Crippen MR) is 118 cm³/mol. The Hall–Kier alpha value is -2.31. The number of nitrogens with zero attached hydrogens (tertiary/aromatic N) is 3. The number of Topliss-reactive ketones (excluding diaryl/α,β-unsaturated/α-hetero) is 1. The van der Waals surface area contributed by atoms with Crippen molar-refractivity contribution in [3.63, 3.8) is 0 Å². The zero-order valence-electron chi connectivity index (χ0n) is 16.2.